The van der Waals surface area contributed by atoms with Gasteiger partial charge in [0.2, 0.25) is 5.82 Å². The zero-order valence-corrected chi connectivity index (χ0v) is 10.9. The molecule has 0 aliphatic rings. The van der Waals surface area contributed by atoms with E-state index in [2.05, 4.69) is 10.1 Å². The van der Waals surface area contributed by atoms with Crippen molar-refractivity contribution in [3.05, 3.63) is 48.5 Å². The van der Waals surface area contributed by atoms with E-state index in [0.717, 1.165) is 16.9 Å². The minimum atomic E-state index is 0.450. The highest BCUT2D eigenvalue weighted by Gasteiger charge is 2.12. The molecule has 20 heavy (non-hydrogen) atoms. The van der Waals surface area contributed by atoms with Crippen molar-refractivity contribution >= 4 is 5.69 Å². The Morgan fingerprint density at radius 1 is 1.05 bits per heavy atom. The third-order valence-corrected chi connectivity index (χ3v) is 2.96. The maximum absolute atomic E-state index is 5.90. The molecule has 0 aliphatic heterocycles. The predicted molar refractivity (Wildman–Crippen MR) is 76.1 cm³/mol. The van der Waals surface area contributed by atoms with E-state index in [1.165, 1.54) is 0 Å². The number of rotatable bonds is 3. The Hall–Kier alpha value is -2.82. The largest absolute Gasteiger partial charge is 0.497 e. The third-order valence-electron chi connectivity index (χ3n) is 2.96. The van der Waals surface area contributed by atoms with E-state index in [4.69, 9.17) is 15.0 Å². The lowest BCUT2D eigenvalue weighted by Gasteiger charge is -1.99. The van der Waals surface area contributed by atoms with Crippen molar-refractivity contribution in [3.63, 3.8) is 0 Å². The first kappa shape index (κ1) is 12.2. The fourth-order valence-electron chi connectivity index (χ4n) is 1.88. The van der Waals surface area contributed by atoms with Crippen LogP contribution in [0.5, 0.6) is 5.75 Å². The number of nitrogens with two attached hydrogens (primary N) is 1. The number of aromatic nitrogens is 2. The van der Waals surface area contributed by atoms with E-state index < -0.39 is 0 Å². The van der Waals surface area contributed by atoms with E-state index in [9.17, 15) is 0 Å². The highest BCUT2D eigenvalue weighted by atomic mass is 16.5. The molecule has 2 aromatic carbocycles. The predicted octanol–water partition coefficient (Wildman–Crippen LogP) is 2.99. The van der Waals surface area contributed by atoms with Gasteiger partial charge in [0.05, 0.1) is 7.11 Å². The maximum atomic E-state index is 5.90. The Bertz CT molecular complexity index is 720. The van der Waals surface area contributed by atoms with Crippen molar-refractivity contribution in [2.75, 3.05) is 12.8 Å². The summed E-state index contributed by atoms with van der Waals surface area (Å²) >= 11 is 0. The summed E-state index contributed by atoms with van der Waals surface area (Å²) in [4.78, 5) is 4.37. The number of nitrogens with zero attached hydrogens (tertiary/aromatic N) is 2. The van der Waals surface area contributed by atoms with Gasteiger partial charge in [-0.15, -0.1) is 0 Å². The molecule has 100 valence electrons. The molecule has 0 saturated heterocycles. The molecule has 0 bridgehead atoms. The molecule has 0 aliphatic carbocycles. The highest BCUT2D eigenvalue weighted by Crippen LogP contribution is 2.26. The summed E-state index contributed by atoms with van der Waals surface area (Å²) in [6, 6.07) is 14.8. The molecular formula is C15H13N3O2. The fraction of sp³-hybridized carbons (Fsp3) is 0.0667. The van der Waals surface area contributed by atoms with Crippen LogP contribution in [0.3, 0.4) is 0 Å². The first-order valence-corrected chi connectivity index (χ1v) is 6.11. The normalized spacial score (nSPS) is 10.4. The minimum absolute atomic E-state index is 0.450. The summed E-state index contributed by atoms with van der Waals surface area (Å²) in [5.74, 6) is 1.71. The Kier molecular flexibility index (Phi) is 3.09. The van der Waals surface area contributed by atoms with Crippen molar-refractivity contribution in [2.24, 2.45) is 0 Å². The van der Waals surface area contributed by atoms with Gasteiger partial charge in [-0.3, -0.25) is 0 Å². The van der Waals surface area contributed by atoms with Gasteiger partial charge in [0.15, 0.2) is 0 Å². The van der Waals surface area contributed by atoms with Gasteiger partial charge in [-0.25, -0.2) is 0 Å². The summed E-state index contributed by atoms with van der Waals surface area (Å²) < 4.78 is 10.4. The maximum Gasteiger partial charge on any atom is 0.258 e. The smallest absolute Gasteiger partial charge is 0.258 e. The van der Waals surface area contributed by atoms with E-state index in [1.54, 1.807) is 13.2 Å². The van der Waals surface area contributed by atoms with Gasteiger partial charge >= 0.3 is 0 Å². The molecule has 0 spiro atoms. The average Bonchev–Trinajstić information content (AvgIpc) is 2.97. The van der Waals surface area contributed by atoms with Crippen LogP contribution in [-0.2, 0) is 0 Å². The number of anilines is 1. The fourth-order valence-corrected chi connectivity index (χ4v) is 1.88. The number of para-hydroxylation sites is 1. The van der Waals surface area contributed by atoms with Gasteiger partial charge in [0, 0.05) is 16.8 Å². The molecule has 1 aromatic heterocycles. The monoisotopic (exact) mass is 267 g/mol. The average molecular weight is 267 g/mol. The molecule has 3 rings (SSSR count). The molecule has 0 saturated carbocycles. The lowest BCUT2D eigenvalue weighted by atomic mass is 10.1. The third kappa shape index (κ3) is 2.21. The topological polar surface area (TPSA) is 74.2 Å². The molecule has 0 unspecified atom stereocenters. The zero-order chi connectivity index (χ0) is 13.9. The van der Waals surface area contributed by atoms with Crippen LogP contribution in [-0.4, -0.2) is 17.3 Å². The molecule has 5 heteroatoms. The molecule has 0 amide bonds. The van der Waals surface area contributed by atoms with Gasteiger partial charge in [0.25, 0.3) is 5.89 Å². The van der Waals surface area contributed by atoms with E-state index in [-0.39, 0.29) is 0 Å². The van der Waals surface area contributed by atoms with Crippen LogP contribution in [0.25, 0.3) is 22.8 Å². The van der Waals surface area contributed by atoms with E-state index in [1.807, 2.05) is 42.5 Å². The van der Waals surface area contributed by atoms with Crippen LogP contribution >= 0.6 is 0 Å². The van der Waals surface area contributed by atoms with Gasteiger partial charge in [-0.1, -0.05) is 17.3 Å². The number of nitrogen functional groups attached to an aromatic ring is 1. The molecule has 0 fully saturated rings. The van der Waals surface area contributed by atoms with Crippen molar-refractivity contribution in [3.8, 4) is 28.6 Å². The van der Waals surface area contributed by atoms with Crippen LogP contribution in [0, 0.1) is 0 Å². The van der Waals surface area contributed by atoms with E-state index >= 15 is 0 Å². The highest BCUT2D eigenvalue weighted by molar-refractivity contribution is 5.72. The van der Waals surface area contributed by atoms with Crippen LogP contribution in [0.1, 0.15) is 0 Å². The van der Waals surface area contributed by atoms with Crippen LogP contribution in [0.2, 0.25) is 0 Å². The SMILES string of the molecule is COc1ccc(-c2nc(-c3ccccc3N)no2)cc1. The van der Waals surface area contributed by atoms with Crippen molar-refractivity contribution in [1.82, 2.24) is 10.1 Å². The Labute approximate surface area is 116 Å². The first-order valence-electron chi connectivity index (χ1n) is 6.11. The summed E-state index contributed by atoms with van der Waals surface area (Å²) in [6.07, 6.45) is 0. The summed E-state index contributed by atoms with van der Waals surface area (Å²) in [5.41, 5.74) is 8.11. The molecule has 3 aromatic rings. The lowest BCUT2D eigenvalue weighted by Crippen LogP contribution is -1.90. The second-order valence-electron chi connectivity index (χ2n) is 4.24. The Morgan fingerprint density at radius 3 is 2.50 bits per heavy atom. The summed E-state index contributed by atoms with van der Waals surface area (Å²) in [7, 11) is 1.62. The quantitative estimate of drug-likeness (QED) is 0.738. The van der Waals surface area contributed by atoms with Crippen LogP contribution in [0.4, 0.5) is 5.69 Å². The van der Waals surface area contributed by atoms with E-state index in [0.29, 0.717) is 17.4 Å². The molecule has 1 heterocycles. The summed E-state index contributed by atoms with van der Waals surface area (Å²) in [6.45, 7) is 0. The zero-order valence-electron chi connectivity index (χ0n) is 10.9. The first-order chi connectivity index (χ1) is 9.78. The van der Waals surface area contributed by atoms with Gasteiger partial charge in [-0.05, 0) is 36.4 Å². The van der Waals surface area contributed by atoms with Crippen molar-refractivity contribution < 1.29 is 9.26 Å². The summed E-state index contributed by atoms with van der Waals surface area (Å²) in [5, 5.41) is 3.97. The minimum Gasteiger partial charge on any atom is -0.497 e. The standard InChI is InChI=1S/C15H13N3O2/c1-19-11-8-6-10(7-9-11)15-17-14(18-20-15)12-4-2-3-5-13(12)16/h2-9H,16H2,1H3. The molecule has 5 nitrogen and oxygen atoms in total. The number of methoxy groups -OCH3 is 1. The lowest BCUT2D eigenvalue weighted by molar-refractivity contribution is 0.414. The van der Waals surface area contributed by atoms with Gasteiger partial charge < -0.3 is 15.0 Å². The number of hydrogen-bond acceptors (Lipinski definition) is 5. The van der Waals surface area contributed by atoms with Crippen molar-refractivity contribution in [2.45, 2.75) is 0 Å². The number of ether oxygens (including phenoxy) is 1. The number of benzene rings is 2. The Morgan fingerprint density at radius 2 is 1.80 bits per heavy atom. The molecular weight excluding hydrogens is 254 g/mol. The van der Waals surface area contributed by atoms with Crippen LogP contribution < -0.4 is 10.5 Å². The van der Waals surface area contributed by atoms with Crippen molar-refractivity contribution in [1.29, 1.82) is 0 Å². The second-order valence-corrected chi connectivity index (χ2v) is 4.24. The number of hydrogen-bond donors (Lipinski definition) is 1. The second kappa shape index (κ2) is 5.05. The van der Waals surface area contributed by atoms with Crippen LogP contribution in [0.15, 0.2) is 53.1 Å². The molecule has 0 radical (unpaired) electrons. The molecule has 0 atom stereocenters. The van der Waals surface area contributed by atoms with Gasteiger partial charge in [0.1, 0.15) is 5.75 Å². The Balaban J connectivity index is 1.95. The van der Waals surface area contributed by atoms with Gasteiger partial charge in [-0.2, -0.15) is 4.98 Å². The molecule has 2 N–H and O–H groups in total.